The summed E-state index contributed by atoms with van der Waals surface area (Å²) in [6, 6.07) is 1.08. The first-order valence-corrected chi connectivity index (χ1v) is 7.98. The monoisotopic (exact) mass is 252 g/mol. The first-order valence-electron chi connectivity index (χ1n) is 7.98. The van der Waals surface area contributed by atoms with Crippen LogP contribution in [0.5, 0.6) is 0 Å². The SMILES string of the molecule is CC(C)C1CCC(N)C(N2CCC(C(C)C)C2)C1. The zero-order valence-electron chi connectivity index (χ0n) is 12.7. The normalized spacial score (nSPS) is 38.8. The molecule has 0 aromatic rings. The van der Waals surface area contributed by atoms with Crippen molar-refractivity contribution in [2.45, 2.75) is 65.5 Å². The molecule has 2 heteroatoms. The number of nitrogens with zero attached hydrogens (tertiary/aromatic N) is 1. The second kappa shape index (κ2) is 5.92. The molecule has 2 N–H and O–H groups in total. The van der Waals surface area contributed by atoms with Crippen molar-refractivity contribution in [3.8, 4) is 0 Å². The molecule has 1 heterocycles. The summed E-state index contributed by atoms with van der Waals surface area (Å²) in [4.78, 5) is 2.71. The molecule has 2 nitrogen and oxygen atoms in total. The predicted molar refractivity (Wildman–Crippen MR) is 78.5 cm³/mol. The van der Waals surface area contributed by atoms with E-state index in [1.165, 1.54) is 38.8 Å². The minimum atomic E-state index is 0.422. The van der Waals surface area contributed by atoms with E-state index in [9.17, 15) is 0 Å². The van der Waals surface area contributed by atoms with Crippen molar-refractivity contribution in [3.05, 3.63) is 0 Å². The van der Waals surface area contributed by atoms with E-state index in [0.29, 0.717) is 12.1 Å². The lowest BCUT2D eigenvalue weighted by Gasteiger charge is -2.41. The van der Waals surface area contributed by atoms with Crippen LogP contribution < -0.4 is 5.73 Å². The second-order valence-corrected chi connectivity index (χ2v) is 7.34. The second-order valence-electron chi connectivity index (χ2n) is 7.34. The highest BCUT2D eigenvalue weighted by atomic mass is 15.2. The summed E-state index contributed by atoms with van der Waals surface area (Å²) in [5.41, 5.74) is 6.40. The molecule has 1 saturated carbocycles. The maximum atomic E-state index is 6.40. The minimum Gasteiger partial charge on any atom is -0.326 e. The molecule has 0 amide bonds. The van der Waals surface area contributed by atoms with Crippen molar-refractivity contribution in [3.63, 3.8) is 0 Å². The maximum absolute atomic E-state index is 6.40. The van der Waals surface area contributed by atoms with Gasteiger partial charge in [-0.3, -0.25) is 4.90 Å². The molecule has 1 saturated heterocycles. The molecule has 18 heavy (non-hydrogen) atoms. The Balaban J connectivity index is 1.94. The summed E-state index contributed by atoms with van der Waals surface area (Å²) in [6.07, 6.45) is 5.30. The van der Waals surface area contributed by atoms with Gasteiger partial charge in [-0.25, -0.2) is 0 Å². The molecule has 1 aliphatic carbocycles. The molecule has 4 atom stereocenters. The lowest BCUT2D eigenvalue weighted by molar-refractivity contribution is 0.111. The molecule has 1 aliphatic heterocycles. The molecule has 4 unspecified atom stereocenters. The van der Waals surface area contributed by atoms with E-state index in [4.69, 9.17) is 5.73 Å². The van der Waals surface area contributed by atoms with Crippen molar-refractivity contribution < 1.29 is 0 Å². The summed E-state index contributed by atoms with van der Waals surface area (Å²) in [5.74, 6) is 3.45. The number of hydrogen-bond donors (Lipinski definition) is 1. The summed E-state index contributed by atoms with van der Waals surface area (Å²) in [7, 11) is 0. The first-order chi connectivity index (χ1) is 8.49. The summed E-state index contributed by atoms with van der Waals surface area (Å²) in [6.45, 7) is 12.1. The van der Waals surface area contributed by atoms with E-state index in [2.05, 4.69) is 32.6 Å². The van der Waals surface area contributed by atoms with Gasteiger partial charge in [0.25, 0.3) is 0 Å². The maximum Gasteiger partial charge on any atom is 0.0250 e. The Morgan fingerprint density at radius 3 is 2.17 bits per heavy atom. The van der Waals surface area contributed by atoms with Gasteiger partial charge in [-0.2, -0.15) is 0 Å². The summed E-state index contributed by atoms with van der Waals surface area (Å²) >= 11 is 0. The lowest BCUT2D eigenvalue weighted by atomic mass is 9.76. The predicted octanol–water partition coefficient (Wildman–Crippen LogP) is 3.12. The third-order valence-electron chi connectivity index (χ3n) is 5.52. The quantitative estimate of drug-likeness (QED) is 0.836. The highest BCUT2D eigenvalue weighted by Gasteiger charge is 2.37. The van der Waals surface area contributed by atoms with Gasteiger partial charge in [0, 0.05) is 18.6 Å². The molecule has 2 fully saturated rings. The highest BCUT2D eigenvalue weighted by Crippen LogP contribution is 2.35. The van der Waals surface area contributed by atoms with E-state index < -0.39 is 0 Å². The molecule has 0 bridgehead atoms. The third-order valence-corrected chi connectivity index (χ3v) is 5.52. The smallest absolute Gasteiger partial charge is 0.0250 e. The van der Waals surface area contributed by atoms with Gasteiger partial charge in [0.2, 0.25) is 0 Å². The van der Waals surface area contributed by atoms with Gasteiger partial charge in [-0.15, -0.1) is 0 Å². The van der Waals surface area contributed by atoms with Crippen LogP contribution in [0.2, 0.25) is 0 Å². The van der Waals surface area contributed by atoms with Crippen LogP contribution in [0.3, 0.4) is 0 Å². The van der Waals surface area contributed by atoms with Gasteiger partial charge in [0.05, 0.1) is 0 Å². The Morgan fingerprint density at radius 2 is 1.61 bits per heavy atom. The Kier molecular flexibility index (Phi) is 4.71. The zero-order chi connectivity index (χ0) is 13.3. The number of likely N-dealkylation sites (tertiary alicyclic amines) is 1. The highest BCUT2D eigenvalue weighted by molar-refractivity contribution is 4.93. The minimum absolute atomic E-state index is 0.422. The summed E-state index contributed by atoms with van der Waals surface area (Å²) < 4.78 is 0. The molecule has 2 rings (SSSR count). The number of nitrogens with two attached hydrogens (primary N) is 1. The largest absolute Gasteiger partial charge is 0.326 e. The van der Waals surface area contributed by atoms with Crippen molar-refractivity contribution >= 4 is 0 Å². The molecule has 2 aliphatic rings. The van der Waals surface area contributed by atoms with E-state index in [1.807, 2.05) is 0 Å². The van der Waals surface area contributed by atoms with Crippen molar-refractivity contribution in [1.29, 1.82) is 0 Å². The van der Waals surface area contributed by atoms with Crippen molar-refractivity contribution in [1.82, 2.24) is 4.90 Å². The third kappa shape index (κ3) is 3.08. The zero-order valence-corrected chi connectivity index (χ0v) is 12.7. The van der Waals surface area contributed by atoms with Crippen LogP contribution in [0.15, 0.2) is 0 Å². The van der Waals surface area contributed by atoms with Crippen LogP contribution in [0.4, 0.5) is 0 Å². The fourth-order valence-corrected chi connectivity index (χ4v) is 3.89. The van der Waals surface area contributed by atoms with Crippen molar-refractivity contribution in [2.24, 2.45) is 29.4 Å². The van der Waals surface area contributed by atoms with Crippen LogP contribution >= 0.6 is 0 Å². The van der Waals surface area contributed by atoms with Gasteiger partial charge >= 0.3 is 0 Å². The average Bonchev–Trinajstić information content (AvgIpc) is 2.78. The molecular formula is C16H32N2. The summed E-state index contributed by atoms with van der Waals surface area (Å²) in [5, 5.41) is 0. The number of rotatable bonds is 3. The van der Waals surface area contributed by atoms with Gasteiger partial charge < -0.3 is 5.73 Å². The lowest BCUT2D eigenvalue weighted by Crippen LogP contribution is -2.51. The van der Waals surface area contributed by atoms with Crippen LogP contribution in [-0.2, 0) is 0 Å². The fourth-order valence-electron chi connectivity index (χ4n) is 3.89. The molecule has 106 valence electrons. The van der Waals surface area contributed by atoms with E-state index in [-0.39, 0.29) is 0 Å². The van der Waals surface area contributed by atoms with E-state index >= 15 is 0 Å². The Bertz CT molecular complexity index is 262. The van der Waals surface area contributed by atoms with E-state index in [1.54, 1.807) is 0 Å². The van der Waals surface area contributed by atoms with E-state index in [0.717, 1.165) is 23.7 Å². The van der Waals surface area contributed by atoms with Gasteiger partial charge in [-0.1, -0.05) is 27.7 Å². The number of hydrogen-bond acceptors (Lipinski definition) is 2. The van der Waals surface area contributed by atoms with Crippen LogP contribution in [0.1, 0.15) is 53.4 Å². The molecular weight excluding hydrogens is 220 g/mol. The van der Waals surface area contributed by atoms with Gasteiger partial charge in [-0.05, 0) is 55.9 Å². The molecule has 0 aromatic carbocycles. The van der Waals surface area contributed by atoms with Gasteiger partial charge in [0.15, 0.2) is 0 Å². The van der Waals surface area contributed by atoms with Crippen LogP contribution in [-0.4, -0.2) is 30.1 Å². The first kappa shape index (κ1) is 14.3. The Morgan fingerprint density at radius 1 is 0.944 bits per heavy atom. The van der Waals surface area contributed by atoms with Gasteiger partial charge in [0.1, 0.15) is 0 Å². The Hall–Kier alpha value is -0.0800. The standard InChI is InChI=1S/C16H32N2/c1-11(2)13-5-6-15(17)16(9-13)18-8-7-14(10-18)12(3)4/h11-16H,5-10,17H2,1-4H3. The fraction of sp³-hybridized carbons (Fsp3) is 1.00. The molecule has 0 aromatic heterocycles. The van der Waals surface area contributed by atoms with Crippen LogP contribution in [0, 0.1) is 23.7 Å². The van der Waals surface area contributed by atoms with Crippen molar-refractivity contribution in [2.75, 3.05) is 13.1 Å². The topological polar surface area (TPSA) is 29.3 Å². The van der Waals surface area contributed by atoms with Crippen LogP contribution in [0.25, 0.3) is 0 Å². The molecule has 0 radical (unpaired) electrons. The average molecular weight is 252 g/mol. The molecule has 0 spiro atoms. The Labute approximate surface area is 113 Å².